The molecule has 112 valence electrons. The molecule has 1 aliphatic carbocycles. The maximum Gasteiger partial charge on any atom is 0.101 e. The Hall–Kier alpha value is -1.24. The Labute approximate surface area is 131 Å². The standard InChI is InChI=1S/C17H22ClN3/c1-17(2)11-21(16-6-4-3-5-15(16)20-17)13-8-7-12(10-19)14(18)9-13/h7-9,15-16,20H,3-6,11H2,1-2H3/t15-,16-/m0/s1. The van der Waals surface area contributed by atoms with Gasteiger partial charge in [-0.25, -0.2) is 0 Å². The Bertz CT molecular complexity index is 576. The number of nitrogens with zero attached hydrogens (tertiary/aromatic N) is 2. The molecule has 3 nitrogen and oxygen atoms in total. The Morgan fingerprint density at radius 2 is 2.10 bits per heavy atom. The molecule has 3 rings (SSSR count). The van der Waals surface area contributed by atoms with E-state index in [0.717, 1.165) is 12.2 Å². The first-order chi connectivity index (χ1) is 10.00. The van der Waals surface area contributed by atoms with Gasteiger partial charge in [0.15, 0.2) is 0 Å². The summed E-state index contributed by atoms with van der Waals surface area (Å²) in [6.07, 6.45) is 5.08. The number of fused-ring (bicyclic) bond motifs is 1. The number of halogens is 1. The normalized spacial score (nSPS) is 27.8. The largest absolute Gasteiger partial charge is 0.365 e. The molecule has 1 aromatic carbocycles. The van der Waals surface area contributed by atoms with Crippen molar-refractivity contribution >= 4 is 17.3 Å². The minimum Gasteiger partial charge on any atom is -0.365 e. The summed E-state index contributed by atoms with van der Waals surface area (Å²) >= 11 is 6.23. The topological polar surface area (TPSA) is 39.1 Å². The molecular weight excluding hydrogens is 282 g/mol. The second-order valence-corrected chi connectivity index (χ2v) is 7.30. The number of piperazine rings is 1. The highest BCUT2D eigenvalue weighted by molar-refractivity contribution is 6.32. The number of benzene rings is 1. The van der Waals surface area contributed by atoms with E-state index >= 15 is 0 Å². The minimum absolute atomic E-state index is 0.0961. The second kappa shape index (κ2) is 5.51. The van der Waals surface area contributed by atoms with Crippen LogP contribution in [0.3, 0.4) is 0 Å². The summed E-state index contributed by atoms with van der Waals surface area (Å²) in [5.74, 6) is 0. The Morgan fingerprint density at radius 1 is 1.33 bits per heavy atom. The molecule has 0 amide bonds. The first-order valence-electron chi connectivity index (χ1n) is 7.74. The third-order valence-electron chi connectivity index (χ3n) is 4.68. The fourth-order valence-electron chi connectivity index (χ4n) is 3.80. The van der Waals surface area contributed by atoms with Gasteiger partial charge < -0.3 is 10.2 Å². The summed E-state index contributed by atoms with van der Waals surface area (Å²) in [6, 6.07) is 9.05. The molecule has 0 aromatic heterocycles. The van der Waals surface area contributed by atoms with Crippen LogP contribution in [0.4, 0.5) is 5.69 Å². The molecule has 2 atom stereocenters. The quantitative estimate of drug-likeness (QED) is 0.859. The lowest BCUT2D eigenvalue weighted by molar-refractivity contribution is 0.199. The van der Waals surface area contributed by atoms with E-state index < -0.39 is 0 Å². The number of anilines is 1. The van der Waals surface area contributed by atoms with Crippen LogP contribution in [-0.4, -0.2) is 24.2 Å². The average Bonchev–Trinajstić information content (AvgIpc) is 2.45. The molecule has 21 heavy (non-hydrogen) atoms. The van der Waals surface area contributed by atoms with E-state index in [0.29, 0.717) is 22.7 Å². The Kier molecular flexibility index (Phi) is 3.86. The van der Waals surface area contributed by atoms with Crippen LogP contribution in [0.25, 0.3) is 0 Å². The molecule has 1 saturated carbocycles. The van der Waals surface area contributed by atoms with E-state index in [9.17, 15) is 0 Å². The molecule has 1 heterocycles. The molecule has 4 heteroatoms. The molecule has 0 unspecified atom stereocenters. The SMILES string of the molecule is CC1(C)CN(c2ccc(C#N)c(Cl)c2)[C@H]2CCCC[C@@H]2N1. The van der Waals surface area contributed by atoms with Crippen LogP contribution in [0.5, 0.6) is 0 Å². The third-order valence-corrected chi connectivity index (χ3v) is 4.99. The Morgan fingerprint density at radius 3 is 2.81 bits per heavy atom. The van der Waals surface area contributed by atoms with Gasteiger partial charge in [-0.05, 0) is 44.9 Å². The first kappa shape index (κ1) is 14.7. The summed E-state index contributed by atoms with van der Waals surface area (Å²) in [5, 5.41) is 13.4. The van der Waals surface area contributed by atoms with Crippen molar-refractivity contribution < 1.29 is 0 Å². The summed E-state index contributed by atoms with van der Waals surface area (Å²) in [6.45, 7) is 5.49. The average molecular weight is 304 g/mol. The van der Waals surface area contributed by atoms with Crippen LogP contribution >= 0.6 is 11.6 Å². The molecule has 2 aliphatic rings. The van der Waals surface area contributed by atoms with Crippen molar-refractivity contribution in [2.24, 2.45) is 0 Å². The third kappa shape index (κ3) is 2.88. The van der Waals surface area contributed by atoms with Crippen molar-refractivity contribution in [1.29, 1.82) is 5.26 Å². The molecule has 0 radical (unpaired) electrons. The van der Waals surface area contributed by atoms with Crippen LogP contribution in [-0.2, 0) is 0 Å². The lowest BCUT2D eigenvalue weighted by Gasteiger charge is -2.52. The van der Waals surface area contributed by atoms with Crippen LogP contribution in [0.15, 0.2) is 18.2 Å². The van der Waals surface area contributed by atoms with E-state index in [1.165, 1.54) is 25.7 Å². The fraction of sp³-hybridized carbons (Fsp3) is 0.588. The van der Waals surface area contributed by atoms with Gasteiger partial charge in [-0.1, -0.05) is 24.4 Å². The second-order valence-electron chi connectivity index (χ2n) is 6.89. The zero-order chi connectivity index (χ0) is 15.0. The molecule has 1 saturated heterocycles. The summed E-state index contributed by atoms with van der Waals surface area (Å²) in [7, 11) is 0. The number of hydrogen-bond donors (Lipinski definition) is 1. The number of rotatable bonds is 1. The van der Waals surface area contributed by atoms with E-state index in [4.69, 9.17) is 16.9 Å². The zero-order valence-corrected chi connectivity index (χ0v) is 13.5. The summed E-state index contributed by atoms with van der Waals surface area (Å²) in [5.41, 5.74) is 1.79. The van der Waals surface area contributed by atoms with Gasteiger partial charge in [0.1, 0.15) is 6.07 Å². The number of nitriles is 1. The van der Waals surface area contributed by atoms with Crippen LogP contribution in [0.1, 0.15) is 45.1 Å². The first-order valence-corrected chi connectivity index (χ1v) is 8.12. The van der Waals surface area contributed by atoms with Gasteiger partial charge in [0.2, 0.25) is 0 Å². The van der Waals surface area contributed by atoms with Crippen molar-refractivity contribution in [2.45, 2.75) is 57.2 Å². The van der Waals surface area contributed by atoms with Crippen LogP contribution in [0.2, 0.25) is 5.02 Å². The van der Waals surface area contributed by atoms with Crippen LogP contribution < -0.4 is 10.2 Å². The van der Waals surface area contributed by atoms with Gasteiger partial charge in [-0.15, -0.1) is 0 Å². The zero-order valence-electron chi connectivity index (χ0n) is 12.7. The van der Waals surface area contributed by atoms with Crippen molar-refractivity contribution in [1.82, 2.24) is 5.32 Å². The highest BCUT2D eigenvalue weighted by atomic mass is 35.5. The monoisotopic (exact) mass is 303 g/mol. The molecule has 1 N–H and O–H groups in total. The highest BCUT2D eigenvalue weighted by Crippen LogP contribution is 2.35. The van der Waals surface area contributed by atoms with Crippen LogP contribution in [0, 0.1) is 11.3 Å². The number of nitrogens with one attached hydrogen (secondary N) is 1. The molecule has 1 aliphatic heterocycles. The van der Waals surface area contributed by atoms with Crippen molar-refractivity contribution in [3.63, 3.8) is 0 Å². The minimum atomic E-state index is 0.0961. The highest BCUT2D eigenvalue weighted by Gasteiger charge is 2.40. The van der Waals surface area contributed by atoms with Gasteiger partial charge in [0, 0.05) is 29.9 Å². The lowest BCUT2D eigenvalue weighted by atomic mass is 9.83. The summed E-state index contributed by atoms with van der Waals surface area (Å²) in [4.78, 5) is 2.49. The molecule has 2 fully saturated rings. The molecular formula is C17H22ClN3. The maximum absolute atomic E-state index is 9.03. The van der Waals surface area contributed by atoms with Gasteiger partial charge in [-0.3, -0.25) is 0 Å². The number of hydrogen-bond acceptors (Lipinski definition) is 3. The maximum atomic E-state index is 9.03. The predicted octanol–water partition coefficient (Wildman–Crippen LogP) is 3.71. The van der Waals surface area contributed by atoms with E-state index in [1.54, 1.807) is 0 Å². The smallest absolute Gasteiger partial charge is 0.101 e. The molecule has 1 aromatic rings. The lowest BCUT2D eigenvalue weighted by Crippen LogP contribution is -2.67. The van der Waals surface area contributed by atoms with E-state index in [1.807, 2.05) is 18.2 Å². The summed E-state index contributed by atoms with van der Waals surface area (Å²) < 4.78 is 0. The van der Waals surface area contributed by atoms with Gasteiger partial charge >= 0.3 is 0 Å². The van der Waals surface area contributed by atoms with Gasteiger partial charge in [0.25, 0.3) is 0 Å². The van der Waals surface area contributed by atoms with E-state index in [-0.39, 0.29) is 5.54 Å². The Balaban J connectivity index is 1.94. The van der Waals surface area contributed by atoms with Gasteiger partial charge in [0.05, 0.1) is 10.6 Å². The van der Waals surface area contributed by atoms with Crippen molar-refractivity contribution in [2.75, 3.05) is 11.4 Å². The van der Waals surface area contributed by atoms with Crippen molar-refractivity contribution in [3.8, 4) is 6.07 Å². The predicted molar refractivity (Wildman–Crippen MR) is 86.8 cm³/mol. The fourth-order valence-corrected chi connectivity index (χ4v) is 4.02. The molecule has 0 bridgehead atoms. The van der Waals surface area contributed by atoms with Crippen molar-refractivity contribution in [3.05, 3.63) is 28.8 Å². The van der Waals surface area contributed by atoms with E-state index in [2.05, 4.69) is 30.1 Å². The molecule has 0 spiro atoms. The van der Waals surface area contributed by atoms with Gasteiger partial charge in [-0.2, -0.15) is 5.26 Å².